The third kappa shape index (κ3) is 4.45. The molecule has 0 spiro atoms. The van der Waals surface area contributed by atoms with Gasteiger partial charge in [0.25, 0.3) is 0 Å². The minimum Gasteiger partial charge on any atom is -0.456 e. The fourth-order valence-electron chi connectivity index (χ4n) is 3.41. The Labute approximate surface area is 180 Å². The van der Waals surface area contributed by atoms with Crippen LogP contribution in [0.1, 0.15) is 35.3 Å². The van der Waals surface area contributed by atoms with E-state index >= 15 is 0 Å². The number of carbonyl (C=O) groups is 1. The topological polar surface area (TPSA) is 76.6 Å². The average Bonchev–Trinajstić information content (AvgIpc) is 3.28. The molecule has 6 nitrogen and oxygen atoms in total. The molecule has 0 N–H and O–H groups in total. The van der Waals surface area contributed by atoms with Crippen LogP contribution >= 0.6 is 11.3 Å². The number of thiazole rings is 1. The maximum atomic E-state index is 13.1. The molecule has 4 rings (SSSR count). The summed E-state index contributed by atoms with van der Waals surface area (Å²) in [5.41, 5.74) is 1.68. The summed E-state index contributed by atoms with van der Waals surface area (Å²) < 4.78 is 33.0. The van der Waals surface area contributed by atoms with E-state index in [1.165, 1.54) is 27.8 Å². The van der Waals surface area contributed by atoms with Gasteiger partial charge in [-0.1, -0.05) is 48.9 Å². The molecule has 0 atom stereocenters. The predicted octanol–water partition coefficient (Wildman–Crippen LogP) is 4.34. The molecule has 1 aromatic heterocycles. The van der Waals surface area contributed by atoms with Crippen molar-refractivity contribution < 1.29 is 17.9 Å². The lowest BCUT2D eigenvalue weighted by atomic mass is 10.2. The van der Waals surface area contributed by atoms with Crippen LogP contribution in [0.25, 0.3) is 10.6 Å². The number of hydrogen-bond acceptors (Lipinski definition) is 6. The Morgan fingerprint density at radius 2 is 1.70 bits per heavy atom. The molecule has 1 saturated heterocycles. The van der Waals surface area contributed by atoms with Crippen molar-refractivity contribution >= 4 is 27.3 Å². The van der Waals surface area contributed by atoms with Crippen molar-refractivity contribution in [2.24, 2.45) is 0 Å². The largest absolute Gasteiger partial charge is 0.456 e. The summed E-state index contributed by atoms with van der Waals surface area (Å²) in [6.07, 6.45) is 2.69. The molecule has 0 unspecified atom stereocenters. The third-order valence-electron chi connectivity index (χ3n) is 4.96. The van der Waals surface area contributed by atoms with Crippen LogP contribution in [0, 0.1) is 0 Å². The molecule has 0 bridgehead atoms. The minimum absolute atomic E-state index is 0.000141. The average molecular weight is 443 g/mol. The lowest BCUT2D eigenvalue weighted by Gasteiger charge is -2.26. The second kappa shape index (κ2) is 9.07. The molecule has 2 aromatic carbocycles. The van der Waals surface area contributed by atoms with Gasteiger partial charge in [-0.25, -0.2) is 18.2 Å². The first-order valence-corrected chi connectivity index (χ1v) is 12.1. The SMILES string of the molecule is O=C(OCc1csc(-c2ccccc2)n1)c1ccccc1S(=O)(=O)N1CCCCC1. The van der Waals surface area contributed by atoms with Gasteiger partial charge < -0.3 is 4.74 Å². The molecule has 8 heteroatoms. The van der Waals surface area contributed by atoms with Gasteiger partial charge in [-0.15, -0.1) is 11.3 Å². The Kier molecular flexibility index (Phi) is 6.26. The van der Waals surface area contributed by atoms with E-state index in [0.29, 0.717) is 18.8 Å². The summed E-state index contributed by atoms with van der Waals surface area (Å²) >= 11 is 1.47. The van der Waals surface area contributed by atoms with Crippen LogP contribution in [0.3, 0.4) is 0 Å². The highest BCUT2D eigenvalue weighted by molar-refractivity contribution is 7.89. The van der Waals surface area contributed by atoms with Crippen LogP contribution in [0.15, 0.2) is 64.9 Å². The molecule has 0 amide bonds. The van der Waals surface area contributed by atoms with Crippen LogP contribution in [0.5, 0.6) is 0 Å². The van der Waals surface area contributed by atoms with Gasteiger partial charge in [0.1, 0.15) is 11.6 Å². The van der Waals surface area contributed by atoms with E-state index in [-0.39, 0.29) is 17.1 Å². The number of carbonyl (C=O) groups excluding carboxylic acids is 1. The van der Waals surface area contributed by atoms with Crippen LogP contribution < -0.4 is 0 Å². The maximum Gasteiger partial charge on any atom is 0.339 e. The highest BCUT2D eigenvalue weighted by atomic mass is 32.2. The first kappa shape index (κ1) is 20.7. The standard InChI is InChI=1S/C22H22N2O4S2/c25-22(28-15-18-16-29-21(23-18)17-9-3-1-4-10-17)19-11-5-6-12-20(19)30(26,27)24-13-7-2-8-14-24/h1,3-6,9-12,16H,2,7-8,13-15H2. The Bertz CT molecular complexity index is 1120. The van der Waals surface area contributed by atoms with Gasteiger partial charge in [0.15, 0.2) is 0 Å². The highest BCUT2D eigenvalue weighted by Gasteiger charge is 2.30. The van der Waals surface area contributed by atoms with Crippen molar-refractivity contribution in [2.75, 3.05) is 13.1 Å². The van der Waals surface area contributed by atoms with Crippen LogP contribution in [-0.4, -0.2) is 36.8 Å². The van der Waals surface area contributed by atoms with Crippen LogP contribution in [-0.2, 0) is 21.4 Å². The van der Waals surface area contributed by atoms with E-state index in [1.807, 2.05) is 35.7 Å². The normalized spacial score (nSPS) is 15.1. The molecular weight excluding hydrogens is 420 g/mol. The Morgan fingerprint density at radius 3 is 2.47 bits per heavy atom. The lowest BCUT2D eigenvalue weighted by Crippen LogP contribution is -2.36. The molecule has 156 valence electrons. The number of piperidine rings is 1. The molecule has 1 fully saturated rings. The molecule has 30 heavy (non-hydrogen) atoms. The van der Waals surface area contributed by atoms with Gasteiger partial charge in [0, 0.05) is 24.0 Å². The first-order valence-electron chi connectivity index (χ1n) is 9.82. The lowest BCUT2D eigenvalue weighted by molar-refractivity contribution is 0.0463. The molecule has 0 radical (unpaired) electrons. The molecule has 1 aliphatic rings. The predicted molar refractivity (Wildman–Crippen MR) is 116 cm³/mol. The number of esters is 1. The number of ether oxygens (including phenoxy) is 1. The van der Waals surface area contributed by atoms with E-state index in [0.717, 1.165) is 29.8 Å². The zero-order valence-corrected chi connectivity index (χ0v) is 18.0. The Hall–Kier alpha value is -2.55. The van der Waals surface area contributed by atoms with E-state index < -0.39 is 16.0 Å². The second-order valence-electron chi connectivity index (χ2n) is 7.05. The Morgan fingerprint density at radius 1 is 1.00 bits per heavy atom. The van der Waals surface area contributed by atoms with E-state index in [2.05, 4.69) is 4.98 Å². The number of rotatable bonds is 6. The zero-order chi connectivity index (χ0) is 21.0. The highest BCUT2D eigenvalue weighted by Crippen LogP contribution is 2.26. The van der Waals surface area contributed by atoms with Crippen molar-refractivity contribution in [3.63, 3.8) is 0 Å². The summed E-state index contributed by atoms with van der Waals surface area (Å²) in [6, 6.07) is 16.0. The quantitative estimate of drug-likeness (QED) is 0.531. The summed E-state index contributed by atoms with van der Waals surface area (Å²) in [6.45, 7) is 0.944. The van der Waals surface area contributed by atoms with Crippen molar-refractivity contribution in [3.05, 3.63) is 71.2 Å². The molecule has 1 aliphatic heterocycles. The van der Waals surface area contributed by atoms with Crippen LogP contribution in [0.4, 0.5) is 0 Å². The Balaban J connectivity index is 1.49. The summed E-state index contributed by atoms with van der Waals surface area (Å²) in [5, 5.41) is 2.68. The zero-order valence-electron chi connectivity index (χ0n) is 16.4. The number of benzene rings is 2. The summed E-state index contributed by atoms with van der Waals surface area (Å²) in [5.74, 6) is -0.666. The van der Waals surface area contributed by atoms with E-state index in [1.54, 1.807) is 12.1 Å². The van der Waals surface area contributed by atoms with Gasteiger partial charge in [-0.3, -0.25) is 0 Å². The van der Waals surface area contributed by atoms with Crippen molar-refractivity contribution in [1.29, 1.82) is 0 Å². The van der Waals surface area contributed by atoms with Crippen molar-refractivity contribution in [3.8, 4) is 10.6 Å². The van der Waals surface area contributed by atoms with E-state index in [9.17, 15) is 13.2 Å². The number of nitrogens with zero attached hydrogens (tertiary/aromatic N) is 2. The monoisotopic (exact) mass is 442 g/mol. The number of sulfonamides is 1. The van der Waals surface area contributed by atoms with E-state index in [4.69, 9.17) is 4.74 Å². The minimum atomic E-state index is -3.73. The molecule has 0 aliphatic carbocycles. The smallest absolute Gasteiger partial charge is 0.339 e. The maximum absolute atomic E-state index is 13.1. The van der Waals surface area contributed by atoms with Crippen molar-refractivity contribution in [1.82, 2.24) is 9.29 Å². The molecule has 0 saturated carbocycles. The van der Waals surface area contributed by atoms with Gasteiger partial charge in [0.2, 0.25) is 10.0 Å². The first-order chi connectivity index (χ1) is 14.6. The summed E-state index contributed by atoms with van der Waals surface area (Å²) in [4.78, 5) is 17.2. The molecule has 2 heterocycles. The number of aromatic nitrogens is 1. The van der Waals surface area contributed by atoms with Gasteiger partial charge in [-0.05, 0) is 25.0 Å². The number of hydrogen-bond donors (Lipinski definition) is 0. The van der Waals surface area contributed by atoms with Gasteiger partial charge in [0.05, 0.1) is 16.2 Å². The van der Waals surface area contributed by atoms with Gasteiger partial charge >= 0.3 is 5.97 Å². The summed E-state index contributed by atoms with van der Waals surface area (Å²) in [7, 11) is -3.73. The molecular formula is C22H22N2O4S2. The van der Waals surface area contributed by atoms with Gasteiger partial charge in [-0.2, -0.15) is 4.31 Å². The second-order valence-corrected chi connectivity index (χ2v) is 9.81. The fraction of sp³-hybridized carbons (Fsp3) is 0.273. The third-order valence-corrected chi connectivity index (χ3v) is 7.86. The van der Waals surface area contributed by atoms with Crippen molar-refractivity contribution in [2.45, 2.75) is 30.8 Å². The molecule has 3 aromatic rings. The fourth-order valence-corrected chi connectivity index (χ4v) is 5.92. The van der Waals surface area contributed by atoms with Crippen LogP contribution in [0.2, 0.25) is 0 Å².